The van der Waals surface area contributed by atoms with E-state index in [4.69, 9.17) is 17.0 Å². The molecule has 3 rings (SSSR count). The summed E-state index contributed by atoms with van der Waals surface area (Å²) in [5.74, 6) is -0.0583. The molecule has 1 atom stereocenters. The number of esters is 1. The molecule has 1 amide bonds. The van der Waals surface area contributed by atoms with Gasteiger partial charge in [0.25, 0.3) is 5.91 Å². The number of rotatable bonds is 6. The maximum absolute atomic E-state index is 12.8. The largest absolute Gasteiger partial charge is 0.462 e. The summed E-state index contributed by atoms with van der Waals surface area (Å²) in [6.45, 7) is 8.97. The minimum Gasteiger partial charge on any atom is -0.462 e. The smallest absolute Gasteiger partial charge is 0.341 e. The normalized spacial score (nSPS) is 15.6. The van der Waals surface area contributed by atoms with Crippen LogP contribution in [-0.2, 0) is 17.6 Å². The Morgan fingerprint density at radius 3 is 2.66 bits per heavy atom. The number of hydrogen-bond acceptors (Lipinski definition) is 5. The van der Waals surface area contributed by atoms with Gasteiger partial charge in [0.05, 0.1) is 17.7 Å². The molecule has 32 heavy (non-hydrogen) atoms. The van der Waals surface area contributed by atoms with Crippen molar-refractivity contribution < 1.29 is 14.3 Å². The number of thiocarbonyl (C=S) groups is 1. The minimum atomic E-state index is -0.340. The Balaban J connectivity index is 1.84. The van der Waals surface area contributed by atoms with Crippen LogP contribution in [0.2, 0.25) is 0 Å². The summed E-state index contributed by atoms with van der Waals surface area (Å²) in [7, 11) is 0. The van der Waals surface area contributed by atoms with Crippen molar-refractivity contribution in [3.63, 3.8) is 0 Å². The molecule has 1 aliphatic carbocycles. The SMILES string of the molecule is CCOC(=O)c1c(NC(=S)NC(=O)c2ccccc2I)sc2c1CC[C@H](C(C)(C)CC)C2. The second-order valence-corrected chi connectivity index (χ2v) is 11.3. The van der Waals surface area contributed by atoms with E-state index in [0.717, 1.165) is 34.8 Å². The third-order valence-corrected chi connectivity index (χ3v) is 8.65. The van der Waals surface area contributed by atoms with Gasteiger partial charge in [-0.05, 0) is 90.0 Å². The minimum absolute atomic E-state index is 0.171. The summed E-state index contributed by atoms with van der Waals surface area (Å²) in [5.41, 5.74) is 2.42. The number of halogens is 1. The molecule has 0 saturated heterocycles. The number of thiophene rings is 1. The number of fused-ring (bicyclic) bond motifs is 1. The molecule has 1 aromatic heterocycles. The Hall–Kier alpha value is -1.52. The fourth-order valence-corrected chi connectivity index (χ4v) is 6.21. The zero-order valence-electron chi connectivity index (χ0n) is 18.8. The van der Waals surface area contributed by atoms with Gasteiger partial charge in [0, 0.05) is 8.45 Å². The molecule has 0 unspecified atom stereocenters. The number of nitrogens with one attached hydrogen (secondary N) is 2. The molecule has 0 saturated carbocycles. The summed E-state index contributed by atoms with van der Waals surface area (Å²) >= 11 is 9.09. The number of amides is 1. The molecule has 172 valence electrons. The number of carbonyl (C=O) groups is 2. The highest BCUT2D eigenvalue weighted by molar-refractivity contribution is 14.1. The molecular formula is C24H29IN2O3S2. The molecular weight excluding hydrogens is 555 g/mol. The molecule has 8 heteroatoms. The Bertz CT molecular complexity index is 1030. The van der Waals surface area contributed by atoms with Crippen molar-refractivity contribution in [1.82, 2.24) is 5.32 Å². The van der Waals surface area contributed by atoms with Gasteiger partial charge >= 0.3 is 5.97 Å². The van der Waals surface area contributed by atoms with Gasteiger partial charge in [0.2, 0.25) is 0 Å². The number of ether oxygens (including phenoxy) is 1. The monoisotopic (exact) mass is 584 g/mol. The summed E-state index contributed by atoms with van der Waals surface area (Å²) in [4.78, 5) is 26.7. The third-order valence-electron chi connectivity index (χ3n) is 6.33. The van der Waals surface area contributed by atoms with E-state index < -0.39 is 0 Å². The number of benzene rings is 1. The number of hydrogen-bond donors (Lipinski definition) is 2. The molecule has 1 heterocycles. The maximum Gasteiger partial charge on any atom is 0.341 e. The molecule has 1 aromatic carbocycles. The predicted molar refractivity (Wildman–Crippen MR) is 143 cm³/mol. The molecule has 0 aliphatic heterocycles. The lowest BCUT2D eigenvalue weighted by Gasteiger charge is -2.36. The predicted octanol–water partition coefficient (Wildman–Crippen LogP) is 6.20. The summed E-state index contributed by atoms with van der Waals surface area (Å²) in [5, 5.41) is 6.67. The summed E-state index contributed by atoms with van der Waals surface area (Å²) in [6.07, 6.45) is 3.94. The van der Waals surface area contributed by atoms with E-state index in [1.807, 2.05) is 18.2 Å². The second kappa shape index (κ2) is 10.6. The molecule has 2 aromatic rings. The van der Waals surface area contributed by atoms with Crippen LogP contribution in [0.5, 0.6) is 0 Å². The van der Waals surface area contributed by atoms with Gasteiger partial charge in [-0.15, -0.1) is 11.3 Å². The molecule has 0 bridgehead atoms. The van der Waals surface area contributed by atoms with Crippen LogP contribution in [0.1, 0.15) is 71.7 Å². The third kappa shape index (κ3) is 5.51. The quantitative estimate of drug-likeness (QED) is 0.241. The van der Waals surface area contributed by atoms with Crippen molar-refractivity contribution in [2.75, 3.05) is 11.9 Å². The average molecular weight is 585 g/mol. The van der Waals surface area contributed by atoms with Gasteiger partial charge in [-0.1, -0.05) is 39.3 Å². The van der Waals surface area contributed by atoms with Gasteiger partial charge in [0.1, 0.15) is 5.00 Å². The first-order valence-electron chi connectivity index (χ1n) is 10.9. The van der Waals surface area contributed by atoms with E-state index in [0.29, 0.717) is 28.7 Å². The van der Waals surface area contributed by atoms with Crippen LogP contribution in [0.3, 0.4) is 0 Å². The molecule has 0 spiro atoms. The van der Waals surface area contributed by atoms with Crippen LogP contribution in [0.15, 0.2) is 24.3 Å². The lowest BCUT2D eigenvalue weighted by molar-refractivity contribution is 0.0526. The molecule has 0 radical (unpaired) electrons. The van der Waals surface area contributed by atoms with Crippen LogP contribution in [0, 0.1) is 14.9 Å². The molecule has 1 aliphatic rings. The van der Waals surface area contributed by atoms with Crippen LogP contribution < -0.4 is 10.6 Å². The van der Waals surface area contributed by atoms with Crippen molar-refractivity contribution in [2.45, 2.75) is 53.4 Å². The van der Waals surface area contributed by atoms with Gasteiger partial charge in [0.15, 0.2) is 5.11 Å². The van der Waals surface area contributed by atoms with E-state index in [9.17, 15) is 9.59 Å². The zero-order valence-corrected chi connectivity index (χ0v) is 22.6. The number of anilines is 1. The van der Waals surface area contributed by atoms with Gasteiger partial charge in [-0.3, -0.25) is 10.1 Å². The lowest BCUT2D eigenvalue weighted by atomic mass is 9.69. The Morgan fingerprint density at radius 2 is 2.00 bits per heavy atom. The van der Waals surface area contributed by atoms with Crippen molar-refractivity contribution in [2.24, 2.45) is 11.3 Å². The van der Waals surface area contributed by atoms with Crippen molar-refractivity contribution in [3.8, 4) is 0 Å². The van der Waals surface area contributed by atoms with Gasteiger partial charge < -0.3 is 10.1 Å². The highest BCUT2D eigenvalue weighted by atomic mass is 127. The van der Waals surface area contributed by atoms with Gasteiger partial charge in [-0.25, -0.2) is 4.79 Å². The van der Waals surface area contributed by atoms with Crippen LogP contribution >= 0.6 is 46.1 Å². The molecule has 0 fully saturated rings. The summed E-state index contributed by atoms with van der Waals surface area (Å²) in [6, 6.07) is 7.31. The standard InChI is InChI=1S/C24H29IN2O3S2/c1-5-24(3,4)14-11-12-16-18(13-14)32-21(19(16)22(29)30-6-2)27-23(31)26-20(28)15-9-7-8-10-17(15)25/h7-10,14H,5-6,11-13H2,1-4H3,(H2,26,27,28,31)/t14-/m0/s1. The average Bonchev–Trinajstić information content (AvgIpc) is 3.10. The lowest BCUT2D eigenvalue weighted by Crippen LogP contribution is -2.34. The highest BCUT2D eigenvalue weighted by Gasteiger charge is 2.35. The highest BCUT2D eigenvalue weighted by Crippen LogP contribution is 2.45. The first kappa shape index (κ1) is 25.1. The first-order valence-corrected chi connectivity index (χ1v) is 13.2. The van der Waals surface area contributed by atoms with Crippen LogP contribution in [-0.4, -0.2) is 23.6 Å². The molecule has 5 nitrogen and oxygen atoms in total. The maximum atomic E-state index is 12.8. The van der Waals surface area contributed by atoms with E-state index >= 15 is 0 Å². The van der Waals surface area contributed by atoms with Crippen LogP contribution in [0.4, 0.5) is 5.00 Å². The zero-order chi connectivity index (χ0) is 23.5. The van der Waals surface area contributed by atoms with Crippen molar-refractivity contribution in [1.29, 1.82) is 0 Å². The fraction of sp³-hybridized carbons (Fsp3) is 0.458. The topological polar surface area (TPSA) is 67.4 Å². The first-order chi connectivity index (χ1) is 15.2. The van der Waals surface area contributed by atoms with E-state index in [-0.39, 0.29) is 22.4 Å². The Labute approximate surface area is 212 Å². The van der Waals surface area contributed by atoms with Crippen molar-refractivity contribution >= 4 is 68.1 Å². The Morgan fingerprint density at radius 1 is 1.28 bits per heavy atom. The van der Waals surface area contributed by atoms with E-state index in [1.165, 1.54) is 4.88 Å². The van der Waals surface area contributed by atoms with Crippen LogP contribution in [0.25, 0.3) is 0 Å². The second-order valence-electron chi connectivity index (χ2n) is 8.60. The van der Waals surface area contributed by atoms with E-state index in [1.54, 1.807) is 24.3 Å². The summed E-state index contributed by atoms with van der Waals surface area (Å²) < 4.78 is 6.19. The van der Waals surface area contributed by atoms with Crippen molar-refractivity contribution in [3.05, 3.63) is 49.4 Å². The molecule has 2 N–H and O–H groups in total. The Kier molecular flexibility index (Phi) is 8.32. The fourth-order valence-electron chi connectivity index (χ4n) is 4.00. The number of carbonyl (C=O) groups excluding carboxylic acids is 2. The van der Waals surface area contributed by atoms with Gasteiger partial charge in [-0.2, -0.15) is 0 Å². The van der Waals surface area contributed by atoms with E-state index in [2.05, 4.69) is 54.0 Å².